The lowest BCUT2D eigenvalue weighted by atomic mass is 9.81. The summed E-state index contributed by atoms with van der Waals surface area (Å²) < 4.78 is 78.8. The molecule has 31 heavy (non-hydrogen) atoms. The zero-order valence-electron chi connectivity index (χ0n) is 15.8. The van der Waals surface area contributed by atoms with Gasteiger partial charge in [-0.1, -0.05) is 0 Å². The van der Waals surface area contributed by atoms with Gasteiger partial charge in [0.15, 0.2) is 11.4 Å². The number of alkyl halides is 6. The topological polar surface area (TPSA) is 110 Å². The fourth-order valence-corrected chi connectivity index (χ4v) is 4.08. The molecular weight excluding hydrogens is 434 g/mol. The molecule has 0 bridgehead atoms. The molecule has 0 aliphatic carbocycles. The maximum absolute atomic E-state index is 13.7. The summed E-state index contributed by atoms with van der Waals surface area (Å²) in [5.74, 6) is -1.92. The number of H-pyrrole nitrogens is 1. The number of aliphatic hydroxyl groups excluding tert-OH is 1. The van der Waals surface area contributed by atoms with Gasteiger partial charge in [-0.05, 0) is 12.8 Å². The fourth-order valence-electron chi connectivity index (χ4n) is 4.08. The number of fused-ring (bicyclic) bond motifs is 1. The summed E-state index contributed by atoms with van der Waals surface area (Å²) in [4.78, 5) is 8.38. The van der Waals surface area contributed by atoms with Crippen LogP contribution < -0.4 is 10.2 Å². The molecule has 2 atom stereocenters. The number of rotatable bonds is 2. The van der Waals surface area contributed by atoms with E-state index < -0.39 is 47.9 Å². The minimum Gasteiger partial charge on any atom is -0.376 e. The Kier molecular flexibility index (Phi) is 5.04. The first-order valence-corrected chi connectivity index (χ1v) is 9.37. The highest BCUT2D eigenvalue weighted by atomic mass is 19.4. The molecule has 1 saturated heterocycles. The third kappa shape index (κ3) is 3.78. The van der Waals surface area contributed by atoms with E-state index in [-0.39, 0.29) is 11.5 Å². The Morgan fingerprint density at radius 2 is 1.68 bits per heavy atom. The molecular formula is C17H18F6N6O2. The maximum atomic E-state index is 13.7. The lowest BCUT2D eigenvalue weighted by Crippen LogP contribution is -2.50. The van der Waals surface area contributed by atoms with Crippen molar-refractivity contribution in [2.24, 2.45) is 0 Å². The van der Waals surface area contributed by atoms with Crippen LogP contribution in [0.2, 0.25) is 0 Å². The van der Waals surface area contributed by atoms with Gasteiger partial charge in [0.2, 0.25) is 5.82 Å². The summed E-state index contributed by atoms with van der Waals surface area (Å²) in [6.45, 7) is 0.654. The first-order chi connectivity index (χ1) is 14.4. The van der Waals surface area contributed by atoms with Gasteiger partial charge in [0.1, 0.15) is 6.23 Å². The zero-order valence-corrected chi connectivity index (χ0v) is 15.8. The molecule has 0 spiro atoms. The molecule has 4 heterocycles. The van der Waals surface area contributed by atoms with Crippen molar-refractivity contribution in [3.05, 3.63) is 29.5 Å². The Morgan fingerprint density at radius 3 is 2.23 bits per heavy atom. The highest BCUT2D eigenvalue weighted by Crippen LogP contribution is 2.50. The number of nitrogens with one attached hydrogen (secondary N) is 2. The van der Waals surface area contributed by atoms with Gasteiger partial charge in [-0.25, -0.2) is 9.97 Å². The quantitative estimate of drug-likeness (QED) is 0.519. The van der Waals surface area contributed by atoms with Gasteiger partial charge in [0.05, 0.1) is 23.6 Å². The summed E-state index contributed by atoms with van der Waals surface area (Å²) in [5.41, 5.74) is -3.19. The van der Waals surface area contributed by atoms with Crippen molar-refractivity contribution >= 4 is 11.5 Å². The molecule has 2 unspecified atom stereocenters. The normalized spacial score (nSPS) is 25.3. The van der Waals surface area contributed by atoms with Crippen LogP contribution >= 0.6 is 0 Å². The van der Waals surface area contributed by atoms with Crippen molar-refractivity contribution < 1.29 is 36.6 Å². The maximum Gasteiger partial charge on any atom is 0.451 e. The molecule has 2 aliphatic rings. The average molecular weight is 452 g/mol. The van der Waals surface area contributed by atoms with E-state index >= 15 is 0 Å². The molecule has 4 N–H and O–H groups in total. The molecule has 2 aliphatic heterocycles. The zero-order chi connectivity index (χ0) is 22.6. The largest absolute Gasteiger partial charge is 0.451 e. The van der Waals surface area contributed by atoms with Crippen LogP contribution in [-0.2, 0) is 11.8 Å². The third-order valence-corrected chi connectivity index (χ3v) is 5.63. The van der Waals surface area contributed by atoms with Crippen molar-refractivity contribution in [2.45, 2.75) is 49.4 Å². The van der Waals surface area contributed by atoms with Crippen molar-refractivity contribution in [2.75, 3.05) is 23.3 Å². The van der Waals surface area contributed by atoms with Crippen LogP contribution in [0, 0.1) is 0 Å². The first kappa shape index (κ1) is 21.6. The lowest BCUT2D eigenvalue weighted by molar-refractivity contribution is -0.276. The van der Waals surface area contributed by atoms with E-state index in [1.165, 1.54) is 0 Å². The van der Waals surface area contributed by atoms with Crippen molar-refractivity contribution in [1.82, 2.24) is 20.2 Å². The highest BCUT2D eigenvalue weighted by Gasteiger charge is 2.60. The number of aromatic amines is 1. The monoisotopic (exact) mass is 452 g/mol. The average Bonchev–Trinajstić information content (AvgIpc) is 3.11. The minimum atomic E-state index is -5.03. The van der Waals surface area contributed by atoms with Gasteiger partial charge >= 0.3 is 12.4 Å². The van der Waals surface area contributed by atoms with Crippen LogP contribution in [0.25, 0.3) is 0 Å². The van der Waals surface area contributed by atoms with Gasteiger partial charge in [0, 0.05) is 31.1 Å². The lowest BCUT2D eigenvalue weighted by Gasteiger charge is -2.39. The number of piperidine rings is 1. The number of anilines is 2. The first-order valence-electron chi connectivity index (χ1n) is 9.37. The van der Waals surface area contributed by atoms with Gasteiger partial charge < -0.3 is 20.4 Å². The summed E-state index contributed by atoms with van der Waals surface area (Å²) in [6.07, 6.45) is -9.44. The number of hydrogen-bond acceptors (Lipinski definition) is 7. The van der Waals surface area contributed by atoms with E-state index in [9.17, 15) is 36.6 Å². The number of aromatic nitrogens is 4. The molecule has 170 valence electrons. The minimum absolute atomic E-state index is 0.123. The smallest absolute Gasteiger partial charge is 0.376 e. The predicted molar refractivity (Wildman–Crippen MR) is 94.0 cm³/mol. The van der Waals surface area contributed by atoms with Gasteiger partial charge in [-0.15, -0.1) is 0 Å². The van der Waals surface area contributed by atoms with Gasteiger partial charge in [-0.2, -0.15) is 31.4 Å². The molecule has 1 fully saturated rings. The number of nitrogens with zero attached hydrogens (tertiary/aromatic N) is 4. The van der Waals surface area contributed by atoms with E-state index in [0.29, 0.717) is 31.6 Å². The SMILES string of the molecule is OC1CC(O)(C(F)(F)F)c2c(n[nH]c2C2CCN(c3cnc(C(F)(F)F)nc3)CC2)N1. The molecule has 2 aromatic rings. The Bertz CT molecular complexity index is 938. The second-order valence-electron chi connectivity index (χ2n) is 7.61. The van der Waals surface area contributed by atoms with E-state index in [2.05, 4.69) is 25.5 Å². The molecule has 2 aromatic heterocycles. The Labute approximate surface area is 171 Å². The number of halogens is 6. The van der Waals surface area contributed by atoms with Crippen LogP contribution in [0.15, 0.2) is 12.4 Å². The second kappa shape index (κ2) is 7.22. The summed E-state index contributed by atoms with van der Waals surface area (Å²) in [6, 6.07) is 0. The summed E-state index contributed by atoms with van der Waals surface area (Å²) in [7, 11) is 0. The number of aliphatic hydroxyl groups is 2. The Morgan fingerprint density at radius 1 is 1.06 bits per heavy atom. The van der Waals surface area contributed by atoms with Gasteiger partial charge in [-0.3, -0.25) is 5.10 Å². The van der Waals surface area contributed by atoms with Crippen LogP contribution in [0.4, 0.5) is 37.8 Å². The standard InChI is InChI=1S/C17H18F6N6O2/c18-16(19,20)14-24-6-9(7-25-14)29-3-1-8(2-4-29)12-11-13(28-27-12)26-10(30)5-15(11,31)17(21,22)23/h6-8,10,30-31H,1-5H2,(H2,26,27,28). The highest BCUT2D eigenvalue weighted by molar-refractivity contribution is 5.55. The summed E-state index contributed by atoms with van der Waals surface area (Å²) in [5, 5.41) is 28.9. The fraction of sp³-hybridized carbons (Fsp3) is 0.588. The second-order valence-corrected chi connectivity index (χ2v) is 7.61. The van der Waals surface area contributed by atoms with Crippen LogP contribution in [0.1, 0.15) is 42.3 Å². The Balaban J connectivity index is 1.53. The number of hydrogen-bond donors (Lipinski definition) is 4. The van der Waals surface area contributed by atoms with Crippen LogP contribution in [0.5, 0.6) is 0 Å². The van der Waals surface area contributed by atoms with Crippen LogP contribution in [0.3, 0.4) is 0 Å². The third-order valence-electron chi connectivity index (χ3n) is 5.63. The molecule has 14 heteroatoms. The van der Waals surface area contributed by atoms with Crippen molar-refractivity contribution in [3.63, 3.8) is 0 Å². The molecule has 0 saturated carbocycles. The molecule has 4 rings (SSSR count). The van der Waals surface area contributed by atoms with Crippen LogP contribution in [-0.4, -0.2) is 55.9 Å². The predicted octanol–water partition coefficient (Wildman–Crippen LogP) is 2.49. The van der Waals surface area contributed by atoms with Crippen molar-refractivity contribution in [3.8, 4) is 0 Å². The molecule has 0 aromatic carbocycles. The van der Waals surface area contributed by atoms with Gasteiger partial charge in [0.25, 0.3) is 0 Å². The Hall–Kier alpha value is -2.61. The van der Waals surface area contributed by atoms with E-state index in [1.807, 2.05) is 0 Å². The summed E-state index contributed by atoms with van der Waals surface area (Å²) >= 11 is 0. The molecule has 0 amide bonds. The van der Waals surface area contributed by atoms with E-state index in [1.54, 1.807) is 4.90 Å². The van der Waals surface area contributed by atoms with E-state index in [0.717, 1.165) is 12.4 Å². The van der Waals surface area contributed by atoms with Crippen molar-refractivity contribution in [1.29, 1.82) is 0 Å². The molecule has 0 radical (unpaired) electrons. The van der Waals surface area contributed by atoms with E-state index in [4.69, 9.17) is 0 Å². The molecule has 8 nitrogen and oxygen atoms in total.